The molecule has 2 nitrogen and oxygen atoms in total. The molecule has 1 aliphatic rings. The fourth-order valence-electron chi connectivity index (χ4n) is 1.99. The lowest BCUT2D eigenvalue weighted by molar-refractivity contribution is 0.0920. The Balaban J connectivity index is 1.82. The molecule has 1 aromatic carbocycles. The summed E-state index contributed by atoms with van der Waals surface area (Å²) in [5, 5.41) is 3.30. The van der Waals surface area contributed by atoms with Gasteiger partial charge in [-0.3, -0.25) is 0 Å². The SMILES string of the molecule is Cc1ccc(F)cc1COCC1CCNC1. The van der Waals surface area contributed by atoms with Crippen LogP contribution < -0.4 is 5.32 Å². The Morgan fingerprint density at radius 3 is 3.12 bits per heavy atom. The summed E-state index contributed by atoms with van der Waals surface area (Å²) >= 11 is 0. The van der Waals surface area contributed by atoms with Gasteiger partial charge in [0.1, 0.15) is 5.82 Å². The second-order valence-corrected chi connectivity index (χ2v) is 4.44. The third-order valence-corrected chi connectivity index (χ3v) is 3.08. The standard InChI is InChI=1S/C13H18FNO/c1-10-2-3-13(14)6-12(10)9-16-8-11-4-5-15-7-11/h2-3,6,11,15H,4-5,7-9H2,1H3. The van der Waals surface area contributed by atoms with Gasteiger partial charge in [0.15, 0.2) is 0 Å². The zero-order valence-corrected chi connectivity index (χ0v) is 9.63. The van der Waals surface area contributed by atoms with Crippen LogP contribution in [0.4, 0.5) is 4.39 Å². The number of aryl methyl sites for hydroxylation is 1. The van der Waals surface area contributed by atoms with E-state index in [-0.39, 0.29) is 5.82 Å². The van der Waals surface area contributed by atoms with E-state index in [2.05, 4.69) is 5.32 Å². The van der Waals surface area contributed by atoms with E-state index in [0.29, 0.717) is 12.5 Å². The minimum atomic E-state index is -0.188. The third-order valence-electron chi connectivity index (χ3n) is 3.08. The van der Waals surface area contributed by atoms with E-state index >= 15 is 0 Å². The molecule has 2 rings (SSSR count). The third kappa shape index (κ3) is 3.03. The van der Waals surface area contributed by atoms with Crippen molar-refractivity contribution in [1.82, 2.24) is 5.32 Å². The quantitative estimate of drug-likeness (QED) is 0.845. The highest BCUT2D eigenvalue weighted by molar-refractivity contribution is 5.25. The van der Waals surface area contributed by atoms with Crippen LogP contribution in [0.5, 0.6) is 0 Å². The summed E-state index contributed by atoms with van der Waals surface area (Å²) in [4.78, 5) is 0. The molecule has 0 aliphatic carbocycles. The lowest BCUT2D eigenvalue weighted by Crippen LogP contribution is -2.14. The average Bonchev–Trinajstić information content (AvgIpc) is 2.76. The highest BCUT2D eigenvalue weighted by Gasteiger charge is 2.14. The minimum absolute atomic E-state index is 0.188. The first kappa shape index (κ1) is 11.6. The van der Waals surface area contributed by atoms with Gasteiger partial charge in [-0.15, -0.1) is 0 Å². The van der Waals surface area contributed by atoms with Gasteiger partial charge in [0.2, 0.25) is 0 Å². The number of ether oxygens (including phenoxy) is 1. The first-order valence-electron chi connectivity index (χ1n) is 5.79. The van der Waals surface area contributed by atoms with Gasteiger partial charge < -0.3 is 10.1 Å². The molecule has 0 radical (unpaired) electrons. The lowest BCUT2D eigenvalue weighted by atomic mass is 10.1. The molecule has 1 aromatic rings. The van der Waals surface area contributed by atoms with Crippen LogP contribution in [0.15, 0.2) is 18.2 Å². The number of hydrogen-bond acceptors (Lipinski definition) is 2. The summed E-state index contributed by atoms with van der Waals surface area (Å²) in [5.74, 6) is 0.431. The van der Waals surface area contributed by atoms with Crippen molar-refractivity contribution in [3.05, 3.63) is 35.1 Å². The van der Waals surface area contributed by atoms with Crippen LogP contribution in [0, 0.1) is 18.7 Å². The van der Waals surface area contributed by atoms with Crippen molar-refractivity contribution in [3.8, 4) is 0 Å². The fourth-order valence-corrected chi connectivity index (χ4v) is 1.99. The Kier molecular flexibility index (Phi) is 3.91. The van der Waals surface area contributed by atoms with Crippen LogP contribution in [0.3, 0.4) is 0 Å². The Hall–Kier alpha value is -0.930. The molecule has 1 aliphatic heterocycles. The molecule has 0 spiro atoms. The zero-order valence-electron chi connectivity index (χ0n) is 9.63. The maximum atomic E-state index is 13.0. The molecular weight excluding hydrogens is 205 g/mol. The van der Waals surface area contributed by atoms with E-state index in [1.165, 1.54) is 12.5 Å². The van der Waals surface area contributed by atoms with Crippen LogP contribution in [0.1, 0.15) is 17.5 Å². The van der Waals surface area contributed by atoms with Gasteiger partial charge in [0.25, 0.3) is 0 Å². The summed E-state index contributed by atoms with van der Waals surface area (Å²) in [6, 6.07) is 4.84. The maximum Gasteiger partial charge on any atom is 0.123 e. The summed E-state index contributed by atoms with van der Waals surface area (Å²) in [7, 11) is 0. The lowest BCUT2D eigenvalue weighted by Gasteiger charge is -2.10. The molecule has 0 bridgehead atoms. The van der Waals surface area contributed by atoms with E-state index in [9.17, 15) is 4.39 Å². The number of nitrogens with one attached hydrogen (secondary N) is 1. The molecule has 1 heterocycles. The summed E-state index contributed by atoms with van der Waals surface area (Å²) in [6.07, 6.45) is 1.18. The van der Waals surface area contributed by atoms with E-state index in [1.54, 1.807) is 12.1 Å². The van der Waals surface area contributed by atoms with Crippen molar-refractivity contribution in [2.75, 3.05) is 19.7 Å². The Morgan fingerprint density at radius 1 is 1.50 bits per heavy atom. The largest absolute Gasteiger partial charge is 0.376 e. The van der Waals surface area contributed by atoms with E-state index in [4.69, 9.17) is 4.74 Å². The number of benzene rings is 1. The van der Waals surface area contributed by atoms with E-state index in [1.807, 2.05) is 6.92 Å². The molecule has 1 N–H and O–H groups in total. The Labute approximate surface area is 95.8 Å². The Bertz CT molecular complexity index is 348. The summed E-state index contributed by atoms with van der Waals surface area (Å²) < 4.78 is 18.6. The Morgan fingerprint density at radius 2 is 2.38 bits per heavy atom. The highest BCUT2D eigenvalue weighted by Crippen LogP contribution is 2.13. The summed E-state index contributed by atoms with van der Waals surface area (Å²) in [6.45, 7) is 5.40. The molecule has 16 heavy (non-hydrogen) atoms. The molecule has 1 fully saturated rings. The number of rotatable bonds is 4. The van der Waals surface area contributed by atoms with Crippen LogP contribution in [0.25, 0.3) is 0 Å². The van der Waals surface area contributed by atoms with Crippen LogP contribution in [-0.2, 0) is 11.3 Å². The molecule has 3 heteroatoms. The smallest absolute Gasteiger partial charge is 0.123 e. The van der Waals surface area contributed by atoms with Crippen molar-refractivity contribution in [1.29, 1.82) is 0 Å². The maximum absolute atomic E-state index is 13.0. The summed E-state index contributed by atoms with van der Waals surface area (Å²) in [5.41, 5.74) is 2.04. The first-order chi connectivity index (χ1) is 7.75. The van der Waals surface area contributed by atoms with Gasteiger partial charge in [0.05, 0.1) is 13.2 Å². The average molecular weight is 223 g/mol. The second kappa shape index (κ2) is 5.41. The monoisotopic (exact) mass is 223 g/mol. The van der Waals surface area contributed by atoms with Crippen molar-refractivity contribution in [3.63, 3.8) is 0 Å². The molecule has 88 valence electrons. The number of halogens is 1. The molecular formula is C13H18FNO. The van der Waals surface area contributed by atoms with Gasteiger partial charge in [-0.2, -0.15) is 0 Å². The molecule has 1 unspecified atom stereocenters. The zero-order chi connectivity index (χ0) is 11.4. The van der Waals surface area contributed by atoms with Crippen LogP contribution in [-0.4, -0.2) is 19.7 Å². The van der Waals surface area contributed by atoms with Gasteiger partial charge in [-0.05, 0) is 49.1 Å². The molecule has 1 atom stereocenters. The topological polar surface area (TPSA) is 21.3 Å². The minimum Gasteiger partial charge on any atom is -0.376 e. The van der Waals surface area contributed by atoms with Crippen LogP contribution >= 0.6 is 0 Å². The first-order valence-corrected chi connectivity index (χ1v) is 5.79. The molecule has 0 aromatic heterocycles. The molecule has 0 amide bonds. The van der Waals surface area contributed by atoms with Crippen molar-refractivity contribution in [2.45, 2.75) is 20.0 Å². The van der Waals surface area contributed by atoms with Crippen molar-refractivity contribution < 1.29 is 9.13 Å². The van der Waals surface area contributed by atoms with Crippen molar-refractivity contribution >= 4 is 0 Å². The van der Waals surface area contributed by atoms with Gasteiger partial charge in [0, 0.05) is 6.54 Å². The van der Waals surface area contributed by atoms with Gasteiger partial charge in [-0.1, -0.05) is 6.07 Å². The predicted molar refractivity (Wildman–Crippen MR) is 61.8 cm³/mol. The van der Waals surface area contributed by atoms with Gasteiger partial charge in [-0.25, -0.2) is 4.39 Å². The highest BCUT2D eigenvalue weighted by atomic mass is 19.1. The molecule has 0 saturated carbocycles. The number of hydrogen-bond donors (Lipinski definition) is 1. The van der Waals surface area contributed by atoms with Gasteiger partial charge >= 0.3 is 0 Å². The van der Waals surface area contributed by atoms with E-state index < -0.39 is 0 Å². The normalized spacial score (nSPS) is 20.2. The fraction of sp³-hybridized carbons (Fsp3) is 0.538. The predicted octanol–water partition coefficient (Wildman–Crippen LogP) is 2.26. The van der Waals surface area contributed by atoms with E-state index in [0.717, 1.165) is 30.8 Å². The second-order valence-electron chi connectivity index (χ2n) is 4.44. The van der Waals surface area contributed by atoms with Crippen molar-refractivity contribution in [2.24, 2.45) is 5.92 Å². The molecule has 1 saturated heterocycles. The van der Waals surface area contributed by atoms with Crippen LogP contribution in [0.2, 0.25) is 0 Å².